The third kappa shape index (κ3) is 4.47. The summed E-state index contributed by atoms with van der Waals surface area (Å²) in [5, 5.41) is 13.9. The van der Waals surface area contributed by atoms with Crippen LogP contribution in [0, 0.1) is 5.82 Å². The Kier molecular flexibility index (Phi) is 5.46. The maximum absolute atomic E-state index is 13.6. The van der Waals surface area contributed by atoms with Crippen LogP contribution in [0.25, 0.3) is 0 Å². The van der Waals surface area contributed by atoms with E-state index in [0.717, 1.165) is 5.56 Å². The van der Waals surface area contributed by atoms with Crippen molar-refractivity contribution in [3.05, 3.63) is 77.9 Å². The fourth-order valence-corrected chi connectivity index (χ4v) is 2.59. The number of hydrogen-bond donors (Lipinski definition) is 1. The maximum Gasteiger partial charge on any atom is 0.245 e. The van der Waals surface area contributed by atoms with Crippen molar-refractivity contribution in [3.8, 4) is 0 Å². The van der Waals surface area contributed by atoms with Crippen LogP contribution in [0.15, 0.2) is 60.9 Å². The molecule has 0 saturated heterocycles. The van der Waals surface area contributed by atoms with Crippen molar-refractivity contribution in [2.24, 2.45) is 0 Å². The van der Waals surface area contributed by atoms with E-state index in [-0.39, 0.29) is 11.7 Å². The van der Waals surface area contributed by atoms with Gasteiger partial charge in [-0.1, -0.05) is 48.5 Å². The van der Waals surface area contributed by atoms with Crippen LogP contribution in [0.1, 0.15) is 17.2 Å². The molecular formula is C18H18FN5O. The first-order chi connectivity index (χ1) is 12.2. The Labute approximate surface area is 144 Å². The van der Waals surface area contributed by atoms with Crippen molar-refractivity contribution >= 4 is 5.91 Å². The number of tetrazole rings is 1. The summed E-state index contributed by atoms with van der Waals surface area (Å²) in [6.07, 6.45) is 2.31. The molecule has 6 nitrogen and oxygen atoms in total. The lowest BCUT2D eigenvalue weighted by Crippen LogP contribution is -2.35. The molecule has 3 aromatic rings. The fraction of sp³-hybridized carbons (Fsp3) is 0.222. The molecule has 0 aliphatic rings. The highest BCUT2D eigenvalue weighted by Gasteiger charge is 2.22. The zero-order valence-electron chi connectivity index (χ0n) is 13.5. The molecule has 2 aromatic carbocycles. The van der Waals surface area contributed by atoms with Gasteiger partial charge in [0.15, 0.2) is 0 Å². The zero-order valence-corrected chi connectivity index (χ0v) is 13.5. The largest absolute Gasteiger partial charge is 0.354 e. The average molecular weight is 339 g/mol. The molecule has 0 aliphatic heterocycles. The smallest absolute Gasteiger partial charge is 0.245 e. The number of halogens is 1. The number of amides is 1. The number of benzene rings is 2. The van der Waals surface area contributed by atoms with Crippen LogP contribution in [0.3, 0.4) is 0 Å². The average Bonchev–Trinajstić information content (AvgIpc) is 3.16. The number of nitrogens with one attached hydrogen (secondary N) is 1. The minimum Gasteiger partial charge on any atom is -0.354 e. The van der Waals surface area contributed by atoms with Gasteiger partial charge in [-0.25, -0.2) is 9.07 Å². The number of carbonyl (C=O) groups excluding carboxylic acids is 1. The molecule has 0 spiro atoms. The quantitative estimate of drug-likeness (QED) is 0.714. The third-order valence-electron chi connectivity index (χ3n) is 3.91. The lowest BCUT2D eigenvalue weighted by atomic mass is 10.1. The highest BCUT2D eigenvalue weighted by Crippen LogP contribution is 2.13. The van der Waals surface area contributed by atoms with E-state index in [9.17, 15) is 9.18 Å². The number of hydrogen-bond acceptors (Lipinski definition) is 4. The summed E-state index contributed by atoms with van der Waals surface area (Å²) in [5.74, 6) is -0.467. The normalized spacial score (nSPS) is 11.9. The van der Waals surface area contributed by atoms with Crippen LogP contribution in [-0.4, -0.2) is 32.7 Å². The highest BCUT2D eigenvalue weighted by atomic mass is 19.1. The van der Waals surface area contributed by atoms with Gasteiger partial charge in [-0.3, -0.25) is 4.79 Å². The van der Waals surface area contributed by atoms with E-state index >= 15 is 0 Å². The molecule has 128 valence electrons. The Balaban J connectivity index is 1.64. The van der Waals surface area contributed by atoms with Crippen molar-refractivity contribution in [2.75, 3.05) is 6.54 Å². The Morgan fingerprint density at radius 1 is 1.12 bits per heavy atom. The van der Waals surface area contributed by atoms with Gasteiger partial charge in [0.2, 0.25) is 5.91 Å². The summed E-state index contributed by atoms with van der Waals surface area (Å²) in [5.41, 5.74) is 1.58. The molecule has 0 fully saturated rings. The van der Waals surface area contributed by atoms with E-state index in [1.165, 1.54) is 17.1 Å². The molecule has 1 atom stereocenters. The number of rotatable bonds is 7. The van der Waals surface area contributed by atoms with Gasteiger partial charge < -0.3 is 5.32 Å². The molecular weight excluding hydrogens is 321 g/mol. The SMILES string of the molecule is O=C(NCCc1ccccc1F)C(Cc1ccccc1)n1cnnn1. The van der Waals surface area contributed by atoms with Gasteiger partial charge in [-0.2, -0.15) is 0 Å². The topological polar surface area (TPSA) is 72.7 Å². The van der Waals surface area contributed by atoms with Crippen LogP contribution < -0.4 is 5.32 Å². The van der Waals surface area contributed by atoms with E-state index in [2.05, 4.69) is 20.8 Å². The molecule has 1 aromatic heterocycles. The van der Waals surface area contributed by atoms with Gasteiger partial charge in [0.25, 0.3) is 0 Å². The second-order valence-electron chi connectivity index (χ2n) is 5.63. The molecule has 25 heavy (non-hydrogen) atoms. The molecule has 0 bridgehead atoms. The highest BCUT2D eigenvalue weighted by molar-refractivity contribution is 5.80. The Hall–Kier alpha value is -3.09. The van der Waals surface area contributed by atoms with E-state index in [1.54, 1.807) is 18.2 Å². The van der Waals surface area contributed by atoms with Crippen LogP contribution in [0.2, 0.25) is 0 Å². The molecule has 1 unspecified atom stereocenters. The summed E-state index contributed by atoms with van der Waals surface area (Å²) in [6.45, 7) is 0.340. The van der Waals surface area contributed by atoms with E-state index in [0.29, 0.717) is 24.9 Å². The molecule has 1 heterocycles. The first-order valence-corrected chi connectivity index (χ1v) is 8.01. The van der Waals surface area contributed by atoms with Crippen molar-refractivity contribution < 1.29 is 9.18 Å². The summed E-state index contributed by atoms with van der Waals surface area (Å²) >= 11 is 0. The summed E-state index contributed by atoms with van der Waals surface area (Å²) < 4.78 is 15.1. The minimum absolute atomic E-state index is 0.201. The van der Waals surface area contributed by atoms with Crippen LogP contribution in [0.4, 0.5) is 4.39 Å². The number of carbonyl (C=O) groups is 1. The standard InChI is InChI=1S/C18H18FN5O/c19-16-9-5-4-8-15(16)10-11-20-18(25)17(24-13-21-22-23-24)12-14-6-2-1-3-7-14/h1-9,13,17H,10-12H2,(H,20,25). The minimum atomic E-state index is -0.557. The van der Waals surface area contributed by atoms with Crippen LogP contribution in [-0.2, 0) is 17.6 Å². The molecule has 1 amide bonds. The Bertz CT molecular complexity index is 807. The van der Waals surface area contributed by atoms with Crippen molar-refractivity contribution in [1.29, 1.82) is 0 Å². The molecule has 0 saturated carbocycles. The second kappa shape index (κ2) is 8.14. The molecule has 0 radical (unpaired) electrons. The van der Waals surface area contributed by atoms with Crippen LogP contribution in [0.5, 0.6) is 0 Å². The van der Waals surface area contributed by atoms with Crippen molar-refractivity contribution in [1.82, 2.24) is 25.5 Å². The van der Waals surface area contributed by atoms with Gasteiger partial charge in [0.05, 0.1) is 0 Å². The van der Waals surface area contributed by atoms with E-state index in [4.69, 9.17) is 0 Å². The molecule has 7 heteroatoms. The summed E-state index contributed by atoms with van der Waals surface area (Å²) in [4.78, 5) is 12.6. The molecule has 0 aliphatic carbocycles. The van der Waals surface area contributed by atoms with E-state index < -0.39 is 6.04 Å². The van der Waals surface area contributed by atoms with Gasteiger partial charge in [-0.05, 0) is 34.0 Å². The lowest BCUT2D eigenvalue weighted by Gasteiger charge is -2.16. The second-order valence-corrected chi connectivity index (χ2v) is 5.63. The third-order valence-corrected chi connectivity index (χ3v) is 3.91. The zero-order chi connectivity index (χ0) is 17.5. The first-order valence-electron chi connectivity index (χ1n) is 8.01. The molecule has 1 N–H and O–H groups in total. The lowest BCUT2D eigenvalue weighted by molar-refractivity contribution is -0.124. The number of nitrogens with zero attached hydrogens (tertiary/aromatic N) is 4. The summed E-state index contributed by atoms with van der Waals surface area (Å²) in [6, 6.07) is 15.6. The summed E-state index contributed by atoms with van der Waals surface area (Å²) in [7, 11) is 0. The van der Waals surface area contributed by atoms with E-state index in [1.807, 2.05) is 30.3 Å². The van der Waals surface area contributed by atoms with Crippen molar-refractivity contribution in [3.63, 3.8) is 0 Å². The fourth-order valence-electron chi connectivity index (χ4n) is 2.59. The Morgan fingerprint density at radius 2 is 1.88 bits per heavy atom. The number of aromatic nitrogens is 4. The molecule has 3 rings (SSSR count). The predicted octanol–water partition coefficient (Wildman–Crippen LogP) is 1.95. The predicted molar refractivity (Wildman–Crippen MR) is 90.1 cm³/mol. The van der Waals surface area contributed by atoms with Gasteiger partial charge in [0, 0.05) is 13.0 Å². The van der Waals surface area contributed by atoms with Crippen molar-refractivity contribution in [2.45, 2.75) is 18.9 Å². The van der Waals surface area contributed by atoms with Crippen LogP contribution >= 0.6 is 0 Å². The Morgan fingerprint density at radius 3 is 2.60 bits per heavy atom. The van der Waals surface area contributed by atoms with Gasteiger partial charge in [0.1, 0.15) is 18.2 Å². The van der Waals surface area contributed by atoms with Gasteiger partial charge >= 0.3 is 0 Å². The van der Waals surface area contributed by atoms with Gasteiger partial charge in [-0.15, -0.1) is 5.10 Å². The first kappa shape index (κ1) is 16.8. The maximum atomic E-state index is 13.6. The monoisotopic (exact) mass is 339 g/mol.